The molecule has 2 aliphatic heterocycles. The van der Waals surface area contributed by atoms with Gasteiger partial charge in [0.25, 0.3) is 0 Å². The molecule has 0 radical (unpaired) electrons. The molecule has 2 atom stereocenters. The predicted molar refractivity (Wildman–Crippen MR) is 90.3 cm³/mol. The molecule has 0 spiro atoms. The Kier molecular flexibility index (Phi) is 3.89. The smallest absolute Gasteiger partial charge is 0.248 e. The van der Waals surface area contributed by atoms with E-state index in [0.717, 1.165) is 17.5 Å². The highest BCUT2D eigenvalue weighted by Crippen LogP contribution is 2.47. The number of rotatable bonds is 2. The van der Waals surface area contributed by atoms with Gasteiger partial charge in [-0.05, 0) is 44.4 Å². The number of anilines is 1. The summed E-state index contributed by atoms with van der Waals surface area (Å²) in [6, 6.07) is 3.40. The van der Waals surface area contributed by atoms with Crippen molar-refractivity contribution in [2.75, 3.05) is 11.1 Å². The third-order valence-corrected chi connectivity index (χ3v) is 6.23. The fraction of sp³-hybridized carbons (Fsp3) is 0.500. The highest BCUT2D eigenvalue weighted by atomic mass is 35.5. The van der Waals surface area contributed by atoms with Gasteiger partial charge < -0.3 is 10.2 Å². The fourth-order valence-corrected chi connectivity index (χ4v) is 5.10. The van der Waals surface area contributed by atoms with E-state index < -0.39 is 6.04 Å². The molecule has 3 rings (SSSR count). The van der Waals surface area contributed by atoms with Crippen LogP contribution in [0.25, 0.3) is 0 Å². The Bertz CT molecular complexity index is 641. The van der Waals surface area contributed by atoms with Gasteiger partial charge >= 0.3 is 0 Å². The molecule has 4 nitrogen and oxygen atoms in total. The van der Waals surface area contributed by atoms with Crippen LogP contribution >= 0.6 is 23.4 Å². The van der Waals surface area contributed by atoms with Crippen molar-refractivity contribution in [3.8, 4) is 0 Å². The van der Waals surface area contributed by atoms with Crippen molar-refractivity contribution in [3.63, 3.8) is 0 Å². The standard InChI is InChI=1S/C16H19ClN2O2S/c1-9-6-10(2)14(11(17)7-9)18-15(21)12-8-22-16(3)5-4-13(20)19(12)16/h6-7,12H,4-5,8H2,1-3H3,(H,18,21)/t12-,16-/m1/s1. The number of hydrogen-bond acceptors (Lipinski definition) is 3. The zero-order chi connectivity index (χ0) is 16.1. The Morgan fingerprint density at radius 1 is 1.45 bits per heavy atom. The van der Waals surface area contributed by atoms with Crippen LogP contribution in [0.4, 0.5) is 5.69 Å². The molecule has 6 heteroatoms. The van der Waals surface area contributed by atoms with Gasteiger partial charge in [-0.15, -0.1) is 11.8 Å². The average molecular weight is 339 g/mol. The van der Waals surface area contributed by atoms with Crippen LogP contribution in [0.15, 0.2) is 12.1 Å². The van der Waals surface area contributed by atoms with Gasteiger partial charge in [0.15, 0.2) is 0 Å². The van der Waals surface area contributed by atoms with Crippen LogP contribution in [0.1, 0.15) is 30.9 Å². The summed E-state index contributed by atoms with van der Waals surface area (Å²) in [5.41, 5.74) is 2.63. The number of carbonyl (C=O) groups is 2. The van der Waals surface area contributed by atoms with Crippen LogP contribution in [-0.2, 0) is 9.59 Å². The molecular weight excluding hydrogens is 320 g/mol. The van der Waals surface area contributed by atoms with Gasteiger partial charge in [0.05, 0.1) is 15.6 Å². The molecule has 2 heterocycles. The second-order valence-corrected chi connectivity index (χ2v) is 8.10. The van der Waals surface area contributed by atoms with Gasteiger partial charge in [-0.3, -0.25) is 9.59 Å². The van der Waals surface area contributed by atoms with Crippen molar-refractivity contribution in [1.82, 2.24) is 4.90 Å². The number of benzene rings is 1. The number of aryl methyl sites for hydroxylation is 2. The number of amides is 2. The van der Waals surface area contributed by atoms with E-state index in [1.807, 2.05) is 32.9 Å². The maximum absolute atomic E-state index is 12.7. The average Bonchev–Trinajstić information content (AvgIpc) is 2.91. The summed E-state index contributed by atoms with van der Waals surface area (Å²) in [4.78, 5) is 26.3. The van der Waals surface area contributed by atoms with Crippen molar-refractivity contribution >= 4 is 40.9 Å². The van der Waals surface area contributed by atoms with Gasteiger partial charge in [-0.1, -0.05) is 17.7 Å². The number of nitrogens with zero attached hydrogens (tertiary/aromatic N) is 1. The summed E-state index contributed by atoms with van der Waals surface area (Å²) >= 11 is 7.94. The first kappa shape index (κ1) is 15.7. The molecule has 0 saturated carbocycles. The van der Waals surface area contributed by atoms with Crippen molar-refractivity contribution < 1.29 is 9.59 Å². The van der Waals surface area contributed by atoms with Crippen LogP contribution in [0.2, 0.25) is 5.02 Å². The lowest BCUT2D eigenvalue weighted by molar-refractivity contribution is -0.135. The zero-order valence-corrected chi connectivity index (χ0v) is 14.5. The number of fused-ring (bicyclic) bond motifs is 1. The number of halogens is 1. The van der Waals surface area contributed by atoms with Crippen molar-refractivity contribution in [3.05, 3.63) is 28.3 Å². The summed E-state index contributed by atoms with van der Waals surface area (Å²) in [6.45, 7) is 5.93. The van der Waals surface area contributed by atoms with E-state index >= 15 is 0 Å². The molecular formula is C16H19ClN2O2S. The largest absolute Gasteiger partial charge is 0.323 e. The molecule has 1 aromatic carbocycles. The molecule has 2 aliphatic rings. The first-order valence-electron chi connectivity index (χ1n) is 7.35. The zero-order valence-electron chi connectivity index (χ0n) is 12.9. The molecule has 1 N–H and O–H groups in total. The summed E-state index contributed by atoms with van der Waals surface area (Å²) < 4.78 is 0. The molecule has 2 amide bonds. The van der Waals surface area contributed by atoms with Gasteiger partial charge in [0.2, 0.25) is 11.8 Å². The minimum atomic E-state index is -0.415. The highest BCUT2D eigenvalue weighted by molar-refractivity contribution is 8.01. The van der Waals surface area contributed by atoms with Crippen LogP contribution in [-0.4, -0.2) is 33.4 Å². The van der Waals surface area contributed by atoms with Gasteiger partial charge in [0.1, 0.15) is 6.04 Å². The summed E-state index contributed by atoms with van der Waals surface area (Å²) in [5.74, 6) is 0.552. The second-order valence-electron chi connectivity index (χ2n) is 6.19. The molecule has 0 aliphatic carbocycles. The van der Waals surface area contributed by atoms with E-state index in [2.05, 4.69) is 5.32 Å². The lowest BCUT2D eigenvalue weighted by Crippen LogP contribution is -2.48. The molecule has 0 unspecified atom stereocenters. The maximum atomic E-state index is 12.7. The van der Waals surface area contributed by atoms with Crippen molar-refractivity contribution in [2.45, 2.75) is 44.5 Å². The van der Waals surface area contributed by atoms with Crippen LogP contribution in [0.5, 0.6) is 0 Å². The third-order valence-electron chi connectivity index (χ3n) is 4.43. The minimum absolute atomic E-state index is 0.0689. The SMILES string of the molecule is Cc1cc(C)c(NC(=O)[C@H]2CS[C@]3(C)CCC(=O)N23)c(Cl)c1. The lowest BCUT2D eigenvalue weighted by atomic mass is 10.1. The molecule has 1 aromatic rings. The quantitative estimate of drug-likeness (QED) is 0.899. The topological polar surface area (TPSA) is 49.4 Å². The monoisotopic (exact) mass is 338 g/mol. The summed E-state index contributed by atoms with van der Waals surface area (Å²) in [5, 5.41) is 3.45. The Morgan fingerprint density at radius 2 is 2.18 bits per heavy atom. The first-order chi connectivity index (χ1) is 10.3. The second kappa shape index (κ2) is 5.46. The molecule has 22 heavy (non-hydrogen) atoms. The third kappa shape index (κ3) is 2.50. The molecule has 0 aromatic heterocycles. The van der Waals surface area contributed by atoms with Crippen molar-refractivity contribution in [1.29, 1.82) is 0 Å². The summed E-state index contributed by atoms with van der Waals surface area (Å²) in [6.07, 6.45) is 1.34. The summed E-state index contributed by atoms with van der Waals surface area (Å²) in [7, 11) is 0. The van der Waals surface area contributed by atoms with Crippen LogP contribution < -0.4 is 5.32 Å². The first-order valence-corrected chi connectivity index (χ1v) is 8.72. The van der Waals surface area contributed by atoms with E-state index in [9.17, 15) is 9.59 Å². The molecule has 2 saturated heterocycles. The van der Waals surface area contributed by atoms with Gasteiger partial charge in [-0.2, -0.15) is 0 Å². The van der Waals surface area contributed by atoms with E-state index in [1.54, 1.807) is 16.7 Å². The molecule has 2 fully saturated rings. The van der Waals surface area contributed by atoms with Gasteiger partial charge in [-0.25, -0.2) is 0 Å². The Labute approximate surface area is 139 Å². The van der Waals surface area contributed by atoms with Crippen molar-refractivity contribution in [2.24, 2.45) is 0 Å². The molecule has 118 valence electrons. The minimum Gasteiger partial charge on any atom is -0.323 e. The van der Waals surface area contributed by atoms with Gasteiger partial charge in [0, 0.05) is 12.2 Å². The number of hydrogen-bond donors (Lipinski definition) is 1. The lowest BCUT2D eigenvalue weighted by Gasteiger charge is -2.30. The Balaban J connectivity index is 1.83. The number of nitrogens with one attached hydrogen (secondary N) is 1. The highest BCUT2D eigenvalue weighted by Gasteiger charge is 2.52. The fourth-order valence-electron chi connectivity index (χ4n) is 3.30. The van der Waals surface area contributed by atoms with E-state index in [0.29, 0.717) is 22.9 Å². The van der Waals surface area contributed by atoms with E-state index in [4.69, 9.17) is 11.6 Å². The maximum Gasteiger partial charge on any atom is 0.248 e. The van der Waals surface area contributed by atoms with Crippen LogP contribution in [0.3, 0.4) is 0 Å². The Morgan fingerprint density at radius 3 is 2.86 bits per heavy atom. The predicted octanol–water partition coefficient (Wildman–Crippen LogP) is 3.35. The number of thioether (sulfide) groups is 1. The Hall–Kier alpha value is -1.20. The number of carbonyl (C=O) groups excluding carboxylic acids is 2. The molecule has 0 bridgehead atoms. The van der Waals surface area contributed by atoms with E-state index in [-0.39, 0.29) is 16.7 Å². The normalized spacial score (nSPS) is 27.2. The van der Waals surface area contributed by atoms with Crippen LogP contribution in [0, 0.1) is 13.8 Å². The van der Waals surface area contributed by atoms with E-state index in [1.165, 1.54) is 0 Å².